The first-order valence-corrected chi connectivity index (χ1v) is 6.56. The summed E-state index contributed by atoms with van der Waals surface area (Å²) in [4.78, 5) is 2.12. The van der Waals surface area contributed by atoms with E-state index in [1.54, 1.807) is 0 Å². The van der Waals surface area contributed by atoms with Crippen molar-refractivity contribution < 1.29 is 10.2 Å². The molecule has 1 aromatic rings. The van der Waals surface area contributed by atoms with Crippen molar-refractivity contribution >= 4 is 0 Å². The minimum atomic E-state index is 0.0563. The van der Waals surface area contributed by atoms with Crippen LogP contribution >= 0.6 is 0 Å². The average Bonchev–Trinajstić information content (AvgIpc) is 2.34. The third-order valence-electron chi connectivity index (χ3n) is 3.53. The molecule has 0 aromatic heterocycles. The number of aryl methyl sites for hydroxylation is 2. The molecule has 3 nitrogen and oxygen atoms in total. The quantitative estimate of drug-likeness (QED) is 0.772. The molecule has 0 aliphatic rings. The number of rotatable bonds is 7. The van der Waals surface area contributed by atoms with E-state index in [9.17, 15) is 5.11 Å². The van der Waals surface area contributed by atoms with Gasteiger partial charge < -0.3 is 15.1 Å². The fourth-order valence-electron chi connectivity index (χ4n) is 2.21. The van der Waals surface area contributed by atoms with Gasteiger partial charge >= 0.3 is 0 Å². The van der Waals surface area contributed by atoms with Crippen LogP contribution in [0.2, 0.25) is 0 Å². The Bertz CT molecular complexity index is 366. The van der Waals surface area contributed by atoms with Crippen molar-refractivity contribution in [3.05, 3.63) is 34.9 Å². The van der Waals surface area contributed by atoms with E-state index in [2.05, 4.69) is 36.9 Å². The number of benzene rings is 1. The molecule has 0 aliphatic heterocycles. The lowest BCUT2D eigenvalue weighted by Gasteiger charge is -2.26. The molecule has 0 saturated heterocycles. The SMILES string of the molecule is Cc1ccc(CCN(C)C(CO)CCO)c(C)c1. The van der Waals surface area contributed by atoms with Gasteiger partial charge in [0.2, 0.25) is 0 Å². The fraction of sp³-hybridized carbons (Fsp3) is 0.600. The highest BCUT2D eigenvalue weighted by Crippen LogP contribution is 2.12. The van der Waals surface area contributed by atoms with E-state index < -0.39 is 0 Å². The highest BCUT2D eigenvalue weighted by atomic mass is 16.3. The second-order valence-electron chi connectivity index (χ2n) is 5.01. The van der Waals surface area contributed by atoms with Gasteiger partial charge in [0, 0.05) is 19.2 Å². The van der Waals surface area contributed by atoms with Crippen LogP contribution in [0.4, 0.5) is 0 Å². The summed E-state index contributed by atoms with van der Waals surface area (Å²) >= 11 is 0. The molecule has 1 unspecified atom stereocenters. The van der Waals surface area contributed by atoms with Crippen molar-refractivity contribution in [1.82, 2.24) is 4.90 Å². The zero-order valence-corrected chi connectivity index (χ0v) is 11.7. The molecular weight excluding hydrogens is 226 g/mol. The Balaban J connectivity index is 2.53. The van der Waals surface area contributed by atoms with Crippen LogP contribution in [-0.4, -0.2) is 48.0 Å². The summed E-state index contributed by atoms with van der Waals surface area (Å²) in [6.45, 7) is 5.36. The van der Waals surface area contributed by atoms with E-state index >= 15 is 0 Å². The lowest BCUT2D eigenvalue weighted by Crippen LogP contribution is -2.36. The Morgan fingerprint density at radius 1 is 1.22 bits per heavy atom. The maximum absolute atomic E-state index is 9.26. The lowest BCUT2D eigenvalue weighted by molar-refractivity contribution is 0.120. The van der Waals surface area contributed by atoms with Gasteiger partial charge in [-0.3, -0.25) is 0 Å². The van der Waals surface area contributed by atoms with Crippen LogP contribution in [0.15, 0.2) is 18.2 Å². The van der Waals surface area contributed by atoms with Gasteiger partial charge in [0.1, 0.15) is 0 Å². The Morgan fingerprint density at radius 3 is 2.50 bits per heavy atom. The molecule has 0 fully saturated rings. The summed E-state index contributed by atoms with van der Waals surface area (Å²) in [6.07, 6.45) is 1.60. The highest BCUT2D eigenvalue weighted by Gasteiger charge is 2.13. The third kappa shape index (κ3) is 4.41. The van der Waals surface area contributed by atoms with Crippen LogP contribution in [0.1, 0.15) is 23.1 Å². The molecule has 0 heterocycles. The van der Waals surface area contributed by atoms with Crippen LogP contribution in [0.3, 0.4) is 0 Å². The zero-order chi connectivity index (χ0) is 13.5. The number of aliphatic hydroxyl groups excluding tert-OH is 2. The molecular formula is C15H25NO2. The summed E-state index contributed by atoms with van der Waals surface area (Å²) in [5.74, 6) is 0. The van der Waals surface area contributed by atoms with E-state index in [0.717, 1.165) is 13.0 Å². The van der Waals surface area contributed by atoms with Crippen molar-refractivity contribution in [3.63, 3.8) is 0 Å². The van der Waals surface area contributed by atoms with E-state index in [-0.39, 0.29) is 19.3 Å². The maximum Gasteiger partial charge on any atom is 0.0587 e. The number of aliphatic hydroxyl groups is 2. The minimum absolute atomic E-state index is 0.0563. The van der Waals surface area contributed by atoms with Gasteiger partial charge in [-0.15, -0.1) is 0 Å². The second-order valence-corrected chi connectivity index (χ2v) is 5.01. The topological polar surface area (TPSA) is 43.7 Å². The predicted molar refractivity (Wildman–Crippen MR) is 74.8 cm³/mol. The van der Waals surface area contributed by atoms with E-state index in [1.807, 2.05) is 7.05 Å². The number of hydrogen-bond acceptors (Lipinski definition) is 3. The molecule has 0 amide bonds. The smallest absolute Gasteiger partial charge is 0.0587 e. The van der Waals surface area contributed by atoms with Crippen LogP contribution < -0.4 is 0 Å². The van der Waals surface area contributed by atoms with Crippen molar-refractivity contribution in [3.8, 4) is 0 Å². The predicted octanol–water partition coefficient (Wildman–Crippen LogP) is 1.52. The van der Waals surface area contributed by atoms with Crippen LogP contribution in [-0.2, 0) is 6.42 Å². The average molecular weight is 251 g/mol. The van der Waals surface area contributed by atoms with E-state index in [0.29, 0.717) is 6.42 Å². The third-order valence-corrected chi connectivity index (χ3v) is 3.53. The van der Waals surface area contributed by atoms with Gasteiger partial charge in [0.05, 0.1) is 6.61 Å². The molecule has 1 aromatic carbocycles. The Morgan fingerprint density at radius 2 is 1.94 bits per heavy atom. The number of nitrogens with zero attached hydrogens (tertiary/aromatic N) is 1. The fourth-order valence-corrected chi connectivity index (χ4v) is 2.21. The largest absolute Gasteiger partial charge is 0.396 e. The second kappa shape index (κ2) is 7.52. The van der Waals surface area contributed by atoms with Crippen molar-refractivity contribution in [2.75, 3.05) is 26.8 Å². The van der Waals surface area contributed by atoms with Gasteiger partial charge in [0.15, 0.2) is 0 Å². The molecule has 0 radical (unpaired) electrons. The first kappa shape index (κ1) is 15.2. The van der Waals surface area contributed by atoms with E-state index in [1.165, 1.54) is 16.7 Å². The molecule has 102 valence electrons. The van der Waals surface area contributed by atoms with Gasteiger partial charge in [0.25, 0.3) is 0 Å². The molecule has 2 N–H and O–H groups in total. The first-order chi connectivity index (χ1) is 8.58. The minimum Gasteiger partial charge on any atom is -0.396 e. The summed E-state index contributed by atoms with van der Waals surface area (Å²) in [7, 11) is 2.00. The van der Waals surface area contributed by atoms with Gasteiger partial charge in [-0.2, -0.15) is 0 Å². The summed E-state index contributed by atoms with van der Waals surface area (Å²) in [6, 6.07) is 6.57. The zero-order valence-electron chi connectivity index (χ0n) is 11.7. The van der Waals surface area contributed by atoms with Gasteiger partial charge in [-0.05, 0) is 44.9 Å². The monoisotopic (exact) mass is 251 g/mol. The molecule has 3 heteroatoms. The van der Waals surface area contributed by atoms with Crippen LogP contribution in [0, 0.1) is 13.8 Å². The Hall–Kier alpha value is -0.900. The molecule has 0 spiro atoms. The van der Waals surface area contributed by atoms with Crippen LogP contribution in [0.25, 0.3) is 0 Å². The van der Waals surface area contributed by atoms with Gasteiger partial charge in [-0.1, -0.05) is 23.8 Å². The lowest BCUT2D eigenvalue weighted by atomic mass is 10.0. The molecule has 1 rings (SSSR count). The Kier molecular flexibility index (Phi) is 6.33. The molecule has 1 atom stereocenters. The van der Waals surface area contributed by atoms with E-state index in [4.69, 9.17) is 5.11 Å². The normalized spacial score (nSPS) is 13.0. The number of hydrogen-bond donors (Lipinski definition) is 2. The molecule has 0 bridgehead atoms. The highest BCUT2D eigenvalue weighted by molar-refractivity contribution is 5.30. The standard InChI is InChI=1S/C15H25NO2/c1-12-4-5-14(13(2)10-12)6-8-16(3)15(11-18)7-9-17/h4-5,10,15,17-18H,6-9,11H2,1-3H3. The van der Waals surface area contributed by atoms with Gasteiger partial charge in [-0.25, -0.2) is 0 Å². The van der Waals surface area contributed by atoms with Crippen LogP contribution in [0.5, 0.6) is 0 Å². The molecule has 18 heavy (non-hydrogen) atoms. The molecule has 0 aliphatic carbocycles. The molecule has 0 saturated carbocycles. The number of likely N-dealkylation sites (N-methyl/N-ethyl adjacent to an activating group) is 1. The summed E-state index contributed by atoms with van der Waals surface area (Å²) < 4.78 is 0. The van der Waals surface area contributed by atoms with Crippen molar-refractivity contribution in [2.24, 2.45) is 0 Å². The van der Waals surface area contributed by atoms with Crippen molar-refractivity contribution in [1.29, 1.82) is 0 Å². The Labute approximate surface area is 110 Å². The summed E-state index contributed by atoms with van der Waals surface area (Å²) in [5, 5.41) is 18.2. The maximum atomic E-state index is 9.26. The van der Waals surface area contributed by atoms with Crippen molar-refractivity contribution in [2.45, 2.75) is 32.7 Å². The summed E-state index contributed by atoms with van der Waals surface area (Å²) in [5.41, 5.74) is 3.97. The first-order valence-electron chi connectivity index (χ1n) is 6.56.